The van der Waals surface area contributed by atoms with E-state index in [4.69, 9.17) is 15.9 Å². The highest BCUT2D eigenvalue weighted by Gasteiger charge is 2.15. The zero-order valence-corrected chi connectivity index (χ0v) is 7.27. The van der Waals surface area contributed by atoms with Crippen LogP contribution < -0.4 is 5.73 Å². The number of phenolic OH excluding ortho intramolecular Hbond substituents is 1. The average Bonchev–Trinajstić information content (AvgIpc) is 2.12. The molecule has 4 nitrogen and oxygen atoms in total. The highest BCUT2D eigenvalue weighted by molar-refractivity contribution is 5.73. The number of benzene rings is 1. The Balaban J connectivity index is 2.87. The van der Waals surface area contributed by atoms with Gasteiger partial charge in [-0.15, -0.1) is 0 Å². The monoisotopic (exact) mass is 199 g/mol. The van der Waals surface area contributed by atoms with E-state index in [0.717, 1.165) is 0 Å². The minimum atomic E-state index is -1.20. The highest BCUT2D eigenvalue weighted by atomic mass is 19.1. The fourth-order valence-corrected chi connectivity index (χ4v) is 1.05. The molecule has 0 radical (unpaired) electrons. The van der Waals surface area contributed by atoms with Crippen LogP contribution in [0.2, 0.25) is 0 Å². The Morgan fingerprint density at radius 3 is 2.79 bits per heavy atom. The van der Waals surface area contributed by atoms with Crippen molar-refractivity contribution < 1.29 is 19.4 Å². The topological polar surface area (TPSA) is 83.5 Å². The van der Waals surface area contributed by atoms with E-state index in [1.54, 1.807) is 0 Å². The Labute approximate surface area is 79.8 Å². The predicted octanol–water partition coefficient (Wildman–Crippen LogP) is 0.486. The van der Waals surface area contributed by atoms with Crippen molar-refractivity contribution in [1.29, 1.82) is 0 Å². The molecule has 14 heavy (non-hydrogen) atoms. The van der Waals surface area contributed by atoms with Crippen molar-refractivity contribution in [2.75, 3.05) is 0 Å². The molecule has 0 saturated heterocycles. The van der Waals surface area contributed by atoms with Gasteiger partial charge in [0, 0.05) is 6.42 Å². The Hall–Kier alpha value is -1.62. The number of carboxylic acids is 1. The van der Waals surface area contributed by atoms with Crippen LogP contribution in [-0.4, -0.2) is 22.2 Å². The van der Waals surface area contributed by atoms with Crippen LogP contribution in [0.4, 0.5) is 4.39 Å². The van der Waals surface area contributed by atoms with E-state index in [2.05, 4.69) is 0 Å². The summed E-state index contributed by atoms with van der Waals surface area (Å²) >= 11 is 0. The first-order valence-electron chi connectivity index (χ1n) is 3.97. The summed E-state index contributed by atoms with van der Waals surface area (Å²) in [5.41, 5.74) is 5.32. The lowest BCUT2D eigenvalue weighted by molar-refractivity contribution is -0.138. The van der Waals surface area contributed by atoms with E-state index >= 15 is 0 Å². The number of hydrogen-bond donors (Lipinski definition) is 3. The number of aromatic hydroxyl groups is 1. The fourth-order valence-electron chi connectivity index (χ4n) is 1.05. The van der Waals surface area contributed by atoms with Crippen LogP contribution in [0.1, 0.15) is 5.56 Å². The van der Waals surface area contributed by atoms with Crippen molar-refractivity contribution in [1.82, 2.24) is 0 Å². The molecule has 0 saturated carbocycles. The molecule has 4 N–H and O–H groups in total. The van der Waals surface area contributed by atoms with E-state index in [1.807, 2.05) is 0 Å². The summed E-state index contributed by atoms with van der Waals surface area (Å²) in [6.45, 7) is 0. The maximum absolute atomic E-state index is 13.1. The molecule has 76 valence electrons. The highest BCUT2D eigenvalue weighted by Crippen LogP contribution is 2.19. The van der Waals surface area contributed by atoms with E-state index in [0.29, 0.717) is 0 Å². The summed E-state index contributed by atoms with van der Waals surface area (Å²) < 4.78 is 13.1. The van der Waals surface area contributed by atoms with E-state index in [1.165, 1.54) is 18.2 Å². The average molecular weight is 199 g/mol. The maximum atomic E-state index is 13.1. The number of carboxylic acid groups (broad SMARTS) is 1. The van der Waals surface area contributed by atoms with E-state index in [9.17, 15) is 9.18 Å². The standard InChI is InChI=1S/C9H10FNO3/c10-8-5(2-1-3-7(8)12)4-6(11)9(13)14/h1-3,6,12H,4,11H2,(H,13,14). The third-order valence-corrected chi connectivity index (χ3v) is 1.82. The van der Waals surface area contributed by atoms with Crippen molar-refractivity contribution in [3.63, 3.8) is 0 Å². The largest absolute Gasteiger partial charge is 0.505 e. The van der Waals surface area contributed by atoms with Crippen molar-refractivity contribution in [3.05, 3.63) is 29.6 Å². The van der Waals surface area contributed by atoms with Crippen LogP contribution in [-0.2, 0) is 11.2 Å². The van der Waals surface area contributed by atoms with Crippen LogP contribution in [0.25, 0.3) is 0 Å². The van der Waals surface area contributed by atoms with Gasteiger partial charge in [-0.25, -0.2) is 4.39 Å². The first-order valence-corrected chi connectivity index (χ1v) is 3.97. The van der Waals surface area contributed by atoms with Gasteiger partial charge in [0.1, 0.15) is 6.04 Å². The molecule has 1 aromatic carbocycles. The minimum absolute atomic E-state index is 0.0971. The number of rotatable bonds is 3. The number of hydrogen-bond acceptors (Lipinski definition) is 3. The third-order valence-electron chi connectivity index (χ3n) is 1.82. The molecule has 0 aliphatic carbocycles. The van der Waals surface area contributed by atoms with Crippen molar-refractivity contribution in [2.24, 2.45) is 5.73 Å². The van der Waals surface area contributed by atoms with E-state index in [-0.39, 0.29) is 12.0 Å². The van der Waals surface area contributed by atoms with Gasteiger partial charge in [-0.3, -0.25) is 4.79 Å². The number of carbonyl (C=O) groups is 1. The van der Waals surface area contributed by atoms with Crippen LogP contribution in [0.3, 0.4) is 0 Å². The Morgan fingerprint density at radius 1 is 1.57 bits per heavy atom. The maximum Gasteiger partial charge on any atom is 0.320 e. The van der Waals surface area contributed by atoms with Gasteiger partial charge < -0.3 is 15.9 Å². The lowest BCUT2D eigenvalue weighted by Crippen LogP contribution is -2.32. The number of nitrogens with two attached hydrogens (primary N) is 1. The molecule has 1 atom stereocenters. The van der Waals surface area contributed by atoms with Crippen molar-refractivity contribution >= 4 is 5.97 Å². The molecule has 0 aliphatic rings. The van der Waals surface area contributed by atoms with Crippen LogP contribution in [0, 0.1) is 5.82 Å². The summed E-state index contributed by atoms with van der Waals surface area (Å²) in [7, 11) is 0. The Bertz CT molecular complexity index is 354. The van der Waals surface area contributed by atoms with Crippen LogP contribution >= 0.6 is 0 Å². The molecule has 0 heterocycles. The fraction of sp³-hybridized carbons (Fsp3) is 0.222. The lowest BCUT2D eigenvalue weighted by Gasteiger charge is -2.07. The van der Waals surface area contributed by atoms with Gasteiger partial charge in [0.15, 0.2) is 11.6 Å². The third kappa shape index (κ3) is 2.20. The van der Waals surface area contributed by atoms with Gasteiger partial charge in [-0.1, -0.05) is 12.1 Å². The molecule has 5 heteroatoms. The van der Waals surface area contributed by atoms with Crippen LogP contribution in [0.15, 0.2) is 18.2 Å². The van der Waals surface area contributed by atoms with E-state index < -0.39 is 23.6 Å². The second-order valence-corrected chi connectivity index (χ2v) is 2.90. The summed E-state index contributed by atoms with van der Waals surface area (Å²) in [5, 5.41) is 17.5. The van der Waals surface area contributed by atoms with Gasteiger partial charge in [-0.2, -0.15) is 0 Å². The molecule has 0 amide bonds. The number of aliphatic carboxylic acids is 1. The minimum Gasteiger partial charge on any atom is -0.505 e. The molecular weight excluding hydrogens is 189 g/mol. The van der Waals surface area contributed by atoms with Crippen molar-refractivity contribution in [3.8, 4) is 5.75 Å². The molecular formula is C9H10FNO3. The van der Waals surface area contributed by atoms with Gasteiger partial charge in [0.25, 0.3) is 0 Å². The van der Waals surface area contributed by atoms with Crippen molar-refractivity contribution in [2.45, 2.75) is 12.5 Å². The predicted molar refractivity (Wildman–Crippen MR) is 47.4 cm³/mol. The first kappa shape index (κ1) is 10.5. The molecule has 0 spiro atoms. The number of halogens is 1. The molecule has 1 unspecified atom stereocenters. The molecule has 0 fully saturated rings. The number of phenols is 1. The van der Waals surface area contributed by atoms with Gasteiger partial charge >= 0.3 is 5.97 Å². The molecule has 0 bridgehead atoms. The molecule has 1 aromatic rings. The lowest BCUT2D eigenvalue weighted by atomic mass is 10.1. The summed E-state index contributed by atoms with van der Waals surface area (Å²) in [5.74, 6) is -2.52. The second kappa shape index (κ2) is 4.06. The molecule has 0 aliphatic heterocycles. The van der Waals surface area contributed by atoms with Gasteiger partial charge in [0.2, 0.25) is 0 Å². The summed E-state index contributed by atoms with van der Waals surface area (Å²) in [6, 6.07) is 2.84. The smallest absolute Gasteiger partial charge is 0.320 e. The quantitative estimate of drug-likeness (QED) is 0.661. The first-order chi connectivity index (χ1) is 6.52. The SMILES string of the molecule is NC(Cc1cccc(O)c1F)C(=O)O. The molecule has 1 rings (SSSR count). The van der Waals surface area contributed by atoms with Crippen LogP contribution in [0.5, 0.6) is 5.75 Å². The summed E-state index contributed by atoms with van der Waals surface area (Å²) in [4.78, 5) is 10.4. The molecule has 0 aromatic heterocycles. The van der Waals surface area contributed by atoms with Gasteiger partial charge in [-0.05, 0) is 11.6 Å². The zero-order valence-electron chi connectivity index (χ0n) is 7.27. The van der Waals surface area contributed by atoms with Gasteiger partial charge in [0.05, 0.1) is 0 Å². The Morgan fingerprint density at radius 2 is 2.21 bits per heavy atom. The zero-order chi connectivity index (χ0) is 10.7. The normalized spacial score (nSPS) is 12.4. The second-order valence-electron chi connectivity index (χ2n) is 2.90. The summed E-state index contributed by atoms with van der Waals surface area (Å²) in [6.07, 6.45) is -0.143. The Kier molecular flexibility index (Phi) is 3.03.